The van der Waals surface area contributed by atoms with Crippen LogP contribution in [0.2, 0.25) is 0 Å². The topological polar surface area (TPSA) is 117 Å². The van der Waals surface area contributed by atoms with Crippen LogP contribution in [0.25, 0.3) is 0 Å². The maximum atomic E-state index is 14.2. The molecule has 0 aromatic heterocycles. The lowest BCUT2D eigenvalue weighted by Gasteiger charge is -2.55. The number of anilines is 1. The van der Waals surface area contributed by atoms with Crippen molar-refractivity contribution in [2.75, 3.05) is 18.9 Å². The number of aldehydes is 1. The number of piperidine rings is 2. The van der Waals surface area contributed by atoms with Gasteiger partial charge in [-0.1, -0.05) is 26.0 Å². The molecule has 41 heavy (non-hydrogen) atoms. The minimum atomic E-state index is -1.13. The Morgan fingerprint density at radius 3 is 2.59 bits per heavy atom. The number of carbonyl (C=O) groups is 4. The molecule has 4 heterocycles. The number of likely N-dealkylation sites (N-methyl/N-ethyl adjacent to an activating group) is 1. The van der Waals surface area contributed by atoms with Crippen molar-refractivity contribution in [3.63, 3.8) is 0 Å². The number of para-hydroxylation sites is 1. The Labute approximate surface area is 242 Å². The van der Waals surface area contributed by atoms with Gasteiger partial charge in [0.2, 0.25) is 5.91 Å². The summed E-state index contributed by atoms with van der Waals surface area (Å²) in [7, 11) is 1.93. The summed E-state index contributed by atoms with van der Waals surface area (Å²) >= 11 is 0. The normalized spacial score (nSPS) is 40.3. The molecule has 6 rings (SSSR count). The van der Waals surface area contributed by atoms with E-state index in [0.717, 1.165) is 31.1 Å². The quantitative estimate of drug-likeness (QED) is 0.224. The fraction of sp³-hybridized carbons (Fsp3) is 0.688. The summed E-state index contributed by atoms with van der Waals surface area (Å²) in [5.41, 5.74) is -1.49. The highest BCUT2D eigenvalue weighted by Gasteiger charge is 2.74. The average molecular weight is 566 g/mol. The van der Waals surface area contributed by atoms with E-state index in [4.69, 9.17) is 9.47 Å². The SMILES string of the molecule is CCCC(=O)O[C@H]1C[C@@H]2C[C@H]3[C@](NC)(CN2[C@@H](C)C1)C[C@]1(C(=O)Nc2c(C(=O)[C@H]4OC4(C)C)cccc21)[C@]3(C)C=O. The third-order valence-corrected chi connectivity index (χ3v) is 11.2. The second-order valence-electron chi connectivity index (χ2n) is 13.8. The number of carbonyl (C=O) groups excluding carboxylic acids is 4. The second kappa shape index (κ2) is 9.44. The Hall–Kier alpha value is -2.62. The highest BCUT2D eigenvalue weighted by molar-refractivity contribution is 6.16. The largest absolute Gasteiger partial charge is 0.462 e. The number of nitrogens with one attached hydrogen (secondary N) is 2. The number of ether oxygens (including phenoxy) is 2. The lowest BCUT2D eigenvalue weighted by molar-refractivity contribution is -0.156. The van der Waals surface area contributed by atoms with Crippen molar-refractivity contribution in [2.24, 2.45) is 11.3 Å². The number of fused-ring (bicyclic) bond motifs is 4. The van der Waals surface area contributed by atoms with Crippen molar-refractivity contribution in [2.45, 2.75) is 114 Å². The molecule has 9 nitrogen and oxygen atoms in total. The van der Waals surface area contributed by atoms with Crippen LogP contribution < -0.4 is 10.6 Å². The molecule has 4 aliphatic heterocycles. The maximum Gasteiger partial charge on any atom is 0.306 e. The first-order chi connectivity index (χ1) is 19.4. The van der Waals surface area contributed by atoms with Gasteiger partial charge in [-0.2, -0.15) is 0 Å². The summed E-state index contributed by atoms with van der Waals surface area (Å²) < 4.78 is 11.5. The molecule has 3 saturated heterocycles. The van der Waals surface area contributed by atoms with Gasteiger partial charge < -0.3 is 24.9 Å². The Kier molecular flexibility index (Phi) is 6.56. The number of rotatable bonds is 7. The van der Waals surface area contributed by atoms with Crippen LogP contribution in [0.15, 0.2) is 18.2 Å². The van der Waals surface area contributed by atoms with Gasteiger partial charge in [-0.25, -0.2) is 0 Å². The zero-order valence-corrected chi connectivity index (χ0v) is 25.0. The minimum absolute atomic E-state index is 0.130. The average Bonchev–Trinajstić information content (AvgIpc) is 3.38. The van der Waals surface area contributed by atoms with Gasteiger partial charge in [-0.3, -0.25) is 19.3 Å². The standard InChI is InChI=1S/C32H43N3O6/c1-7-9-24(37)40-20-12-18(2)35-16-31(33-6)15-32(30(5,17-36)23(31)14-19(35)13-20)22-11-8-10-21(25(22)34-28(32)39)26(38)27-29(3,4)41-27/h8,10-11,17-20,23,27,33H,7,9,12-16H2,1-6H3,(H,34,39)/t18-,19+,20+,23+,27+,30+,31+,32-/m0/s1. The van der Waals surface area contributed by atoms with Crippen molar-refractivity contribution in [3.05, 3.63) is 29.3 Å². The molecule has 1 saturated carbocycles. The Bertz CT molecular complexity index is 1310. The molecule has 0 bridgehead atoms. The van der Waals surface area contributed by atoms with E-state index in [0.29, 0.717) is 37.1 Å². The van der Waals surface area contributed by atoms with E-state index < -0.39 is 28.1 Å². The first-order valence-electron chi connectivity index (χ1n) is 15.1. The van der Waals surface area contributed by atoms with Crippen LogP contribution in [0.4, 0.5) is 5.69 Å². The molecule has 1 amide bonds. The van der Waals surface area contributed by atoms with Gasteiger partial charge in [-0.05, 0) is 71.0 Å². The number of hydrogen-bond donors (Lipinski definition) is 2. The van der Waals surface area contributed by atoms with Gasteiger partial charge in [0.15, 0.2) is 5.78 Å². The van der Waals surface area contributed by atoms with Crippen molar-refractivity contribution >= 4 is 29.6 Å². The minimum Gasteiger partial charge on any atom is -0.462 e. The zero-order chi connectivity index (χ0) is 29.5. The van der Waals surface area contributed by atoms with Gasteiger partial charge in [0, 0.05) is 48.0 Å². The smallest absolute Gasteiger partial charge is 0.306 e. The van der Waals surface area contributed by atoms with E-state index in [9.17, 15) is 19.2 Å². The molecule has 4 fully saturated rings. The van der Waals surface area contributed by atoms with Crippen molar-refractivity contribution < 1.29 is 28.7 Å². The zero-order valence-electron chi connectivity index (χ0n) is 25.0. The number of esters is 1. The van der Waals surface area contributed by atoms with Crippen molar-refractivity contribution in [1.82, 2.24) is 10.2 Å². The Balaban J connectivity index is 1.39. The van der Waals surface area contributed by atoms with Crippen LogP contribution in [0.5, 0.6) is 0 Å². The molecule has 9 heteroatoms. The fourth-order valence-corrected chi connectivity index (χ4v) is 8.97. The van der Waals surface area contributed by atoms with Crippen LogP contribution in [0, 0.1) is 11.3 Å². The number of ketones is 1. The number of Topliss-reactive ketones (excluding diaryl/α,β-unsaturated/α-hetero) is 1. The van der Waals surface area contributed by atoms with Crippen LogP contribution in [-0.4, -0.2) is 77.9 Å². The second-order valence-corrected chi connectivity index (χ2v) is 13.8. The highest BCUT2D eigenvalue weighted by atomic mass is 16.6. The van der Waals surface area contributed by atoms with E-state index in [1.54, 1.807) is 6.07 Å². The molecule has 1 spiro atoms. The molecule has 0 radical (unpaired) electrons. The van der Waals surface area contributed by atoms with Crippen LogP contribution >= 0.6 is 0 Å². The summed E-state index contributed by atoms with van der Waals surface area (Å²) in [6.45, 7) is 10.5. The van der Waals surface area contributed by atoms with Gasteiger partial charge in [0.1, 0.15) is 18.5 Å². The number of hydrogen-bond acceptors (Lipinski definition) is 8. The third-order valence-electron chi connectivity index (χ3n) is 11.2. The third kappa shape index (κ3) is 3.91. The summed E-state index contributed by atoms with van der Waals surface area (Å²) in [6, 6.07) is 5.79. The molecular formula is C32H43N3O6. The number of epoxide rings is 1. The molecule has 8 atom stereocenters. The Morgan fingerprint density at radius 2 is 1.95 bits per heavy atom. The molecule has 5 aliphatic rings. The first kappa shape index (κ1) is 28.5. The van der Waals surface area contributed by atoms with E-state index in [1.165, 1.54) is 0 Å². The van der Waals surface area contributed by atoms with Crippen LogP contribution in [0.3, 0.4) is 0 Å². The van der Waals surface area contributed by atoms with Crippen molar-refractivity contribution in [1.29, 1.82) is 0 Å². The maximum absolute atomic E-state index is 14.2. The van der Waals surface area contributed by atoms with Gasteiger partial charge in [-0.15, -0.1) is 0 Å². The predicted octanol–water partition coefficient (Wildman–Crippen LogP) is 3.39. The van der Waals surface area contributed by atoms with Crippen LogP contribution in [0.1, 0.15) is 89.1 Å². The number of benzene rings is 1. The summed E-state index contributed by atoms with van der Waals surface area (Å²) in [6.07, 6.45) is 4.10. The molecule has 2 N–H and O–H groups in total. The predicted molar refractivity (Wildman–Crippen MR) is 153 cm³/mol. The Morgan fingerprint density at radius 1 is 1.22 bits per heavy atom. The molecule has 1 aromatic rings. The van der Waals surface area contributed by atoms with E-state index >= 15 is 0 Å². The van der Waals surface area contributed by atoms with Crippen LogP contribution in [-0.2, 0) is 29.3 Å². The molecule has 1 aliphatic carbocycles. The summed E-state index contributed by atoms with van der Waals surface area (Å²) in [5, 5.41) is 6.68. The van der Waals surface area contributed by atoms with Crippen molar-refractivity contribution in [3.8, 4) is 0 Å². The van der Waals surface area contributed by atoms with Gasteiger partial charge in [0.25, 0.3) is 0 Å². The molecule has 0 unspecified atom stereocenters. The lowest BCUT2D eigenvalue weighted by Crippen LogP contribution is -2.67. The monoisotopic (exact) mass is 565 g/mol. The lowest BCUT2D eigenvalue weighted by atomic mass is 9.59. The summed E-state index contributed by atoms with van der Waals surface area (Å²) in [4.78, 5) is 55.8. The van der Waals surface area contributed by atoms with E-state index in [2.05, 4.69) is 22.5 Å². The highest BCUT2D eigenvalue weighted by Crippen LogP contribution is 2.67. The first-order valence-corrected chi connectivity index (χ1v) is 15.1. The molecule has 222 valence electrons. The van der Waals surface area contributed by atoms with Gasteiger partial charge >= 0.3 is 5.97 Å². The van der Waals surface area contributed by atoms with E-state index in [1.807, 2.05) is 46.9 Å². The fourth-order valence-electron chi connectivity index (χ4n) is 8.97. The van der Waals surface area contributed by atoms with Gasteiger partial charge in [0.05, 0.1) is 16.7 Å². The summed E-state index contributed by atoms with van der Waals surface area (Å²) in [5.74, 6) is -0.663. The number of amides is 1. The molecular weight excluding hydrogens is 522 g/mol. The molecule has 1 aromatic carbocycles. The number of nitrogens with zero attached hydrogens (tertiary/aromatic N) is 1. The van der Waals surface area contributed by atoms with E-state index in [-0.39, 0.29) is 41.8 Å².